The molecule has 6 heteroatoms. The van der Waals surface area contributed by atoms with E-state index in [2.05, 4.69) is 10.2 Å². The Kier molecular flexibility index (Phi) is 6.94. The summed E-state index contributed by atoms with van der Waals surface area (Å²) in [6.07, 6.45) is -1.91. The number of hydrogen-bond acceptors (Lipinski definition) is 3. The van der Waals surface area contributed by atoms with Crippen LogP contribution in [0.25, 0.3) is 0 Å². The number of alkyl halides is 3. The quantitative estimate of drug-likeness (QED) is 0.759. The van der Waals surface area contributed by atoms with Crippen molar-refractivity contribution in [1.82, 2.24) is 10.2 Å². The molecule has 0 aromatic carbocycles. The van der Waals surface area contributed by atoms with Crippen molar-refractivity contribution in [2.45, 2.75) is 64.2 Å². The molecule has 1 heterocycles. The van der Waals surface area contributed by atoms with Gasteiger partial charge in [0.15, 0.2) is 0 Å². The number of aliphatic hydroxyl groups is 1. The number of halogens is 3. The fourth-order valence-corrected chi connectivity index (χ4v) is 3.07. The maximum absolute atomic E-state index is 12.6. The first-order valence-corrected chi connectivity index (χ1v) is 7.84. The lowest BCUT2D eigenvalue weighted by molar-refractivity contribution is -0.185. The molecule has 21 heavy (non-hydrogen) atoms. The summed E-state index contributed by atoms with van der Waals surface area (Å²) in [6.45, 7) is 7.99. The van der Waals surface area contributed by atoms with E-state index in [0.29, 0.717) is 19.1 Å². The number of nitrogens with one attached hydrogen (secondary N) is 1. The fraction of sp³-hybridized carbons (Fsp3) is 1.00. The molecule has 0 spiro atoms. The van der Waals surface area contributed by atoms with Crippen molar-refractivity contribution in [3.05, 3.63) is 0 Å². The maximum atomic E-state index is 12.6. The van der Waals surface area contributed by atoms with Crippen molar-refractivity contribution in [3.8, 4) is 0 Å². The zero-order valence-electron chi connectivity index (χ0n) is 13.3. The van der Waals surface area contributed by atoms with E-state index >= 15 is 0 Å². The molecule has 0 aromatic heterocycles. The first-order chi connectivity index (χ1) is 9.66. The molecule has 1 rings (SSSR count). The Morgan fingerprint density at radius 3 is 2.24 bits per heavy atom. The monoisotopic (exact) mass is 310 g/mol. The average molecular weight is 310 g/mol. The molecule has 0 aliphatic carbocycles. The minimum Gasteiger partial charge on any atom is -0.394 e. The Hall–Kier alpha value is -0.330. The summed E-state index contributed by atoms with van der Waals surface area (Å²) in [4.78, 5) is 2.11. The minimum atomic E-state index is -4.04. The van der Waals surface area contributed by atoms with Crippen molar-refractivity contribution in [2.75, 3.05) is 26.2 Å². The maximum Gasteiger partial charge on any atom is 0.391 e. The third kappa shape index (κ3) is 6.53. The molecule has 0 bridgehead atoms. The van der Waals surface area contributed by atoms with Crippen molar-refractivity contribution < 1.29 is 18.3 Å². The second kappa shape index (κ2) is 7.79. The first kappa shape index (κ1) is 18.7. The molecular formula is C15H29F3N2O. The highest BCUT2D eigenvalue weighted by atomic mass is 19.4. The van der Waals surface area contributed by atoms with E-state index in [4.69, 9.17) is 0 Å². The van der Waals surface area contributed by atoms with E-state index in [1.54, 1.807) is 0 Å². The van der Waals surface area contributed by atoms with Crippen LogP contribution in [-0.4, -0.2) is 54.0 Å². The molecule has 1 saturated heterocycles. The first-order valence-electron chi connectivity index (χ1n) is 7.84. The van der Waals surface area contributed by atoms with Crippen LogP contribution < -0.4 is 5.32 Å². The number of aliphatic hydroxyl groups excluding tert-OH is 1. The SMILES string of the molecule is CC(C)NC(C)(CO)CCCN1CCC(C(F)(F)F)CC1. The zero-order valence-corrected chi connectivity index (χ0v) is 13.3. The van der Waals surface area contributed by atoms with Gasteiger partial charge in [0.25, 0.3) is 0 Å². The number of hydrogen-bond donors (Lipinski definition) is 2. The number of rotatable bonds is 7. The van der Waals surface area contributed by atoms with Gasteiger partial charge in [-0.05, 0) is 52.2 Å². The van der Waals surface area contributed by atoms with Crippen molar-refractivity contribution in [1.29, 1.82) is 0 Å². The lowest BCUT2D eigenvalue weighted by Gasteiger charge is -2.35. The zero-order chi connectivity index (χ0) is 16.1. The van der Waals surface area contributed by atoms with Gasteiger partial charge in [-0.15, -0.1) is 0 Å². The van der Waals surface area contributed by atoms with Crippen LogP contribution in [0, 0.1) is 5.92 Å². The smallest absolute Gasteiger partial charge is 0.391 e. The van der Waals surface area contributed by atoms with Gasteiger partial charge in [0.2, 0.25) is 0 Å². The molecule has 1 fully saturated rings. The Bertz CT molecular complexity index is 302. The normalized spacial score (nSPS) is 21.7. The highest BCUT2D eigenvalue weighted by molar-refractivity contribution is 4.84. The summed E-state index contributed by atoms with van der Waals surface area (Å²) in [6, 6.07) is 0.296. The third-order valence-electron chi connectivity index (χ3n) is 4.24. The van der Waals surface area contributed by atoms with Gasteiger partial charge in [0, 0.05) is 11.6 Å². The van der Waals surface area contributed by atoms with E-state index in [1.807, 2.05) is 20.8 Å². The number of likely N-dealkylation sites (tertiary alicyclic amines) is 1. The molecule has 1 atom stereocenters. The van der Waals surface area contributed by atoms with Crippen LogP contribution in [0.4, 0.5) is 13.2 Å². The largest absolute Gasteiger partial charge is 0.394 e. The molecule has 0 saturated carbocycles. The molecule has 0 aromatic rings. The van der Waals surface area contributed by atoms with E-state index in [9.17, 15) is 18.3 Å². The van der Waals surface area contributed by atoms with Gasteiger partial charge in [-0.25, -0.2) is 0 Å². The highest BCUT2D eigenvalue weighted by Crippen LogP contribution is 2.34. The molecule has 1 aliphatic heterocycles. The number of nitrogens with zero attached hydrogens (tertiary/aromatic N) is 1. The van der Waals surface area contributed by atoms with E-state index in [1.165, 1.54) is 0 Å². The van der Waals surface area contributed by atoms with Gasteiger partial charge in [0.1, 0.15) is 0 Å². The van der Waals surface area contributed by atoms with Gasteiger partial charge in [-0.2, -0.15) is 13.2 Å². The summed E-state index contributed by atoms with van der Waals surface area (Å²) in [7, 11) is 0. The van der Waals surface area contributed by atoms with Gasteiger partial charge >= 0.3 is 6.18 Å². The van der Waals surface area contributed by atoms with Crippen LogP contribution in [0.1, 0.15) is 46.5 Å². The van der Waals surface area contributed by atoms with Crippen molar-refractivity contribution in [2.24, 2.45) is 5.92 Å². The second-order valence-electron chi connectivity index (χ2n) is 6.78. The number of piperidine rings is 1. The van der Waals surface area contributed by atoms with Crippen LogP contribution >= 0.6 is 0 Å². The molecule has 1 aliphatic rings. The van der Waals surface area contributed by atoms with E-state index in [-0.39, 0.29) is 25.0 Å². The summed E-state index contributed by atoms with van der Waals surface area (Å²) in [5.74, 6) is -1.13. The highest BCUT2D eigenvalue weighted by Gasteiger charge is 2.40. The van der Waals surface area contributed by atoms with Crippen LogP contribution in [0.3, 0.4) is 0 Å². The summed E-state index contributed by atoms with van der Waals surface area (Å²) >= 11 is 0. The third-order valence-corrected chi connectivity index (χ3v) is 4.24. The summed E-state index contributed by atoms with van der Waals surface area (Å²) in [5.41, 5.74) is -0.307. The van der Waals surface area contributed by atoms with Crippen LogP contribution in [-0.2, 0) is 0 Å². The van der Waals surface area contributed by atoms with Crippen molar-refractivity contribution in [3.63, 3.8) is 0 Å². The Labute approximate surface area is 125 Å². The molecule has 1 unspecified atom stereocenters. The predicted molar refractivity (Wildman–Crippen MR) is 78.2 cm³/mol. The topological polar surface area (TPSA) is 35.5 Å². The minimum absolute atomic E-state index is 0.0708. The van der Waals surface area contributed by atoms with E-state index in [0.717, 1.165) is 19.4 Å². The van der Waals surface area contributed by atoms with Crippen molar-refractivity contribution >= 4 is 0 Å². The second-order valence-corrected chi connectivity index (χ2v) is 6.78. The summed E-state index contributed by atoms with van der Waals surface area (Å²) in [5, 5.41) is 12.8. The van der Waals surface area contributed by atoms with Crippen LogP contribution in [0.15, 0.2) is 0 Å². The lowest BCUT2D eigenvalue weighted by atomic mass is 9.94. The van der Waals surface area contributed by atoms with Gasteiger partial charge in [0.05, 0.1) is 12.5 Å². The van der Waals surface area contributed by atoms with Crippen LogP contribution in [0.2, 0.25) is 0 Å². The molecule has 3 nitrogen and oxygen atoms in total. The standard InChI is InChI=1S/C15H29F3N2O/c1-12(2)19-14(3,11-21)7-4-8-20-9-5-13(6-10-20)15(16,17)18/h12-13,19,21H,4-11H2,1-3H3. The van der Waals surface area contributed by atoms with E-state index < -0.39 is 12.1 Å². The van der Waals surface area contributed by atoms with Gasteiger partial charge < -0.3 is 15.3 Å². The molecule has 0 radical (unpaired) electrons. The van der Waals surface area contributed by atoms with Gasteiger partial charge in [-0.1, -0.05) is 13.8 Å². The molecule has 2 N–H and O–H groups in total. The Morgan fingerprint density at radius 1 is 1.24 bits per heavy atom. The molecular weight excluding hydrogens is 281 g/mol. The summed E-state index contributed by atoms with van der Waals surface area (Å²) < 4.78 is 37.8. The predicted octanol–water partition coefficient (Wildman–Crippen LogP) is 2.79. The Balaban J connectivity index is 2.28. The lowest BCUT2D eigenvalue weighted by Crippen LogP contribution is -2.49. The van der Waals surface area contributed by atoms with Gasteiger partial charge in [-0.3, -0.25) is 0 Å². The fourth-order valence-electron chi connectivity index (χ4n) is 3.07. The Morgan fingerprint density at radius 2 is 1.81 bits per heavy atom. The van der Waals surface area contributed by atoms with Crippen LogP contribution in [0.5, 0.6) is 0 Å². The average Bonchev–Trinajstić information content (AvgIpc) is 2.37. The molecule has 126 valence electrons. The molecule has 0 amide bonds.